The molecular formula is C42H51N3O11S. The number of carbonyl (C=O) groups is 2. The quantitative estimate of drug-likeness (QED) is 0.119. The van der Waals surface area contributed by atoms with Crippen molar-refractivity contribution in [2.24, 2.45) is 0 Å². The summed E-state index contributed by atoms with van der Waals surface area (Å²) in [5.41, 5.74) is 2.95. The standard InChI is InChI=1S/C42H51N3O11S/c1-9-26-33-31-24(12-19(2)35(52-8)34(31)48)13-27(44(33)6)39(49)45(26)42(32-20(3)36(55-22(5)46)21(4)37-38(32)54-18-53-37)16-30(42)56-40(50)41(17-57)25-15-29(51-7)28(47)14-23(25)10-11-43-41/h12,14-15,26-27,30,33,39,43,47-49,57H,9-11,13,16-18H2,1-8H3/t26-,27-,30?,33-,39-,41+,42?/m0/s1. The molecule has 1 aliphatic carbocycles. The predicted octanol–water partition coefficient (Wildman–Crippen LogP) is 4.19. The van der Waals surface area contributed by atoms with Crippen LogP contribution in [-0.2, 0) is 38.2 Å². The first kappa shape index (κ1) is 39.4. The van der Waals surface area contributed by atoms with E-state index in [9.17, 15) is 24.9 Å². The van der Waals surface area contributed by atoms with Gasteiger partial charge in [0.1, 0.15) is 18.1 Å². The number of aliphatic hydroxyl groups is 1. The number of likely N-dealkylation sites (N-methyl/N-ethyl adjacent to an activating group) is 1. The number of aryl methyl sites for hydroxylation is 1. The number of rotatable bonds is 9. The van der Waals surface area contributed by atoms with Crippen molar-refractivity contribution in [1.82, 2.24) is 15.1 Å². The minimum Gasteiger partial charge on any atom is -0.504 e. The number of ether oxygens (including phenoxy) is 6. The Morgan fingerprint density at radius 2 is 1.77 bits per heavy atom. The SMILES string of the molecule is CC[C@H]1[C@H]2c3c(cc(C)c(OC)c3O)C[C@@H]([C@H](O)N1C1(c3c(C)c(OC(C)=O)c(C)c4c3OCO4)CC1OC(=O)[C@]1(CS)NCCc3cc(O)c(OC)cc31)N2C. The van der Waals surface area contributed by atoms with Gasteiger partial charge in [-0.15, -0.1) is 0 Å². The molecule has 306 valence electrons. The maximum atomic E-state index is 14.9. The first-order chi connectivity index (χ1) is 27.2. The summed E-state index contributed by atoms with van der Waals surface area (Å²) < 4.78 is 36.0. The van der Waals surface area contributed by atoms with Gasteiger partial charge in [-0.2, -0.15) is 12.6 Å². The molecule has 0 radical (unpaired) electrons. The third kappa shape index (κ3) is 5.59. The van der Waals surface area contributed by atoms with Crippen LogP contribution in [-0.4, -0.2) is 102 Å². The highest BCUT2D eigenvalue weighted by Crippen LogP contribution is 2.65. The molecule has 8 rings (SSSR count). The van der Waals surface area contributed by atoms with Crippen LogP contribution in [0.15, 0.2) is 18.2 Å². The summed E-state index contributed by atoms with van der Waals surface area (Å²) in [6, 6.07) is 4.02. The number of aromatic hydroxyl groups is 2. The number of nitrogens with zero attached hydrogens (tertiary/aromatic N) is 2. The smallest absolute Gasteiger partial charge is 0.332 e. The van der Waals surface area contributed by atoms with E-state index in [4.69, 9.17) is 41.0 Å². The van der Waals surface area contributed by atoms with Crippen molar-refractivity contribution in [3.05, 3.63) is 62.7 Å². The van der Waals surface area contributed by atoms with Crippen molar-refractivity contribution >= 4 is 24.6 Å². The van der Waals surface area contributed by atoms with Crippen LogP contribution in [0, 0.1) is 20.8 Å². The summed E-state index contributed by atoms with van der Waals surface area (Å²) >= 11 is 4.70. The van der Waals surface area contributed by atoms with Crippen LogP contribution in [0.2, 0.25) is 0 Å². The molecule has 2 fully saturated rings. The molecule has 0 spiro atoms. The summed E-state index contributed by atoms with van der Waals surface area (Å²) in [5, 5.41) is 38.7. The number of phenols is 2. The third-order valence-corrected chi connectivity index (χ3v) is 13.5. The van der Waals surface area contributed by atoms with Crippen LogP contribution >= 0.6 is 12.6 Å². The molecule has 2 unspecified atom stereocenters. The fraction of sp³-hybridized carbons (Fsp3) is 0.524. The number of phenolic OH excluding ortho intramolecular Hbond substituents is 2. The maximum absolute atomic E-state index is 14.9. The number of hydrogen-bond acceptors (Lipinski definition) is 15. The molecule has 2 bridgehead atoms. The monoisotopic (exact) mass is 805 g/mol. The Balaban J connectivity index is 1.32. The van der Waals surface area contributed by atoms with Crippen LogP contribution in [0.1, 0.15) is 77.2 Å². The molecule has 15 heteroatoms. The van der Waals surface area contributed by atoms with Gasteiger partial charge in [0.25, 0.3) is 0 Å². The van der Waals surface area contributed by atoms with E-state index in [-0.39, 0.29) is 36.2 Å². The van der Waals surface area contributed by atoms with Gasteiger partial charge in [0.2, 0.25) is 6.79 Å². The zero-order chi connectivity index (χ0) is 40.9. The topological polar surface area (TPSA) is 169 Å². The van der Waals surface area contributed by atoms with Crippen molar-refractivity contribution in [3.8, 4) is 40.2 Å². The summed E-state index contributed by atoms with van der Waals surface area (Å²) in [7, 11) is 4.95. The van der Waals surface area contributed by atoms with Gasteiger partial charge in [0, 0.05) is 53.9 Å². The number of carbonyl (C=O) groups excluding carboxylic acids is 2. The van der Waals surface area contributed by atoms with E-state index in [0.29, 0.717) is 71.1 Å². The number of esters is 2. The van der Waals surface area contributed by atoms with E-state index in [1.165, 1.54) is 21.1 Å². The first-order valence-electron chi connectivity index (χ1n) is 19.4. The summed E-state index contributed by atoms with van der Waals surface area (Å²) in [6.45, 7) is 9.24. The molecule has 57 heavy (non-hydrogen) atoms. The molecule has 4 heterocycles. The highest BCUT2D eigenvalue weighted by atomic mass is 32.1. The lowest BCUT2D eigenvalue weighted by Gasteiger charge is -2.58. The number of methoxy groups -OCH3 is 2. The molecule has 3 aromatic carbocycles. The molecule has 1 saturated heterocycles. The lowest BCUT2D eigenvalue weighted by molar-refractivity contribution is -0.186. The molecule has 0 amide bonds. The molecule has 0 aromatic heterocycles. The van der Waals surface area contributed by atoms with Gasteiger partial charge in [-0.3, -0.25) is 19.9 Å². The molecule has 14 nitrogen and oxygen atoms in total. The Hall–Kier alpha value is -4.41. The zero-order valence-electron chi connectivity index (χ0n) is 33.5. The van der Waals surface area contributed by atoms with Crippen molar-refractivity contribution < 1.29 is 53.3 Å². The Labute approximate surface area is 337 Å². The van der Waals surface area contributed by atoms with Gasteiger partial charge in [-0.05, 0) is 81.5 Å². The highest BCUT2D eigenvalue weighted by Gasteiger charge is 2.71. The average molecular weight is 806 g/mol. The van der Waals surface area contributed by atoms with Gasteiger partial charge in [-0.1, -0.05) is 13.0 Å². The van der Waals surface area contributed by atoms with E-state index in [0.717, 1.165) is 22.3 Å². The highest BCUT2D eigenvalue weighted by molar-refractivity contribution is 7.80. The lowest BCUT2D eigenvalue weighted by atomic mass is 9.76. The van der Waals surface area contributed by atoms with Crippen LogP contribution in [0.25, 0.3) is 0 Å². The summed E-state index contributed by atoms with van der Waals surface area (Å²) in [4.78, 5) is 31.7. The van der Waals surface area contributed by atoms with Crippen LogP contribution in [0.5, 0.6) is 40.2 Å². The Morgan fingerprint density at radius 3 is 2.44 bits per heavy atom. The number of nitrogens with one attached hydrogen (secondary N) is 1. The summed E-state index contributed by atoms with van der Waals surface area (Å²) in [6.07, 6.45) is -0.178. The van der Waals surface area contributed by atoms with Crippen LogP contribution < -0.4 is 29.0 Å². The molecule has 4 N–H and O–H groups in total. The molecule has 1 saturated carbocycles. The number of hydrogen-bond donors (Lipinski definition) is 5. The largest absolute Gasteiger partial charge is 0.504 e. The van der Waals surface area contributed by atoms with Crippen molar-refractivity contribution in [2.45, 2.75) is 102 Å². The van der Waals surface area contributed by atoms with Gasteiger partial charge in [0.05, 0.1) is 31.8 Å². The van der Waals surface area contributed by atoms with Gasteiger partial charge < -0.3 is 43.7 Å². The predicted molar refractivity (Wildman–Crippen MR) is 211 cm³/mol. The molecule has 5 aliphatic rings. The second-order valence-electron chi connectivity index (χ2n) is 15.9. The van der Waals surface area contributed by atoms with Gasteiger partial charge in [0.15, 0.2) is 40.0 Å². The normalized spacial score (nSPS) is 28.6. The fourth-order valence-corrected chi connectivity index (χ4v) is 10.8. The second-order valence-corrected chi connectivity index (χ2v) is 16.2. The third-order valence-electron chi connectivity index (χ3n) is 13.0. The summed E-state index contributed by atoms with van der Waals surface area (Å²) in [5.74, 6) is 0.711. The van der Waals surface area contributed by atoms with E-state index in [1.54, 1.807) is 19.1 Å². The minimum absolute atomic E-state index is 0.0316. The van der Waals surface area contributed by atoms with E-state index >= 15 is 0 Å². The fourth-order valence-electron chi connectivity index (χ4n) is 10.4. The second kappa shape index (κ2) is 14.2. The van der Waals surface area contributed by atoms with Crippen molar-refractivity contribution in [1.29, 1.82) is 0 Å². The van der Waals surface area contributed by atoms with E-state index in [1.807, 2.05) is 38.8 Å². The Bertz CT molecular complexity index is 2180. The van der Waals surface area contributed by atoms with Crippen LogP contribution in [0.3, 0.4) is 0 Å². The number of fused-ring (bicyclic) bond motifs is 6. The number of benzene rings is 3. The lowest BCUT2D eigenvalue weighted by Crippen LogP contribution is -2.69. The zero-order valence-corrected chi connectivity index (χ0v) is 34.4. The number of thiol groups is 1. The van der Waals surface area contributed by atoms with Crippen LogP contribution in [0.4, 0.5) is 0 Å². The molecule has 3 aromatic rings. The number of aliphatic hydroxyl groups excluding tert-OH is 1. The maximum Gasteiger partial charge on any atom is 0.332 e. The van der Waals surface area contributed by atoms with Gasteiger partial charge >= 0.3 is 11.9 Å². The first-order valence-corrected chi connectivity index (χ1v) is 20.0. The Morgan fingerprint density at radius 1 is 1.04 bits per heavy atom. The van der Waals surface area contributed by atoms with Crippen molar-refractivity contribution in [2.75, 3.05) is 40.4 Å². The van der Waals surface area contributed by atoms with Crippen molar-refractivity contribution in [3.63, 3.8) is 0 Å². The van der Waals surface area contributed by atoms with E-state index < -0.39 is 53.5 Å². The Kier molecular flexibility index (Phi) is 9.79. The minimum atomic E-state index is -1.40. The average Bonchev–Trinajstić information content (AvgIpc) is 3.63. The van der Waals surface area contributed by atoms with Gasteiger partial charge in [-0.25, -0.2) is 4.79 Å². The molecular weight excluding hydrogens is 755 g/mol. The number of piperazine rings is 1. The molecule has 4 aliphatic heterocycles. The molecule has 7 atom stereocenters. The van der Waals surface area contributed by atoms with E-state index in [2.05, 4.69) is 10.2 Å².